The van der Waals surface area contributed by atoms with Crippen LogP contribution in [0.2, 0.25) is 0 Å². The Morgan fingerprint density at radius 3 is 2.75 bits per heavy atom. The zero-order chi connectivity index (χ0) is 12.0. The summed E-state index contributed by atoms with van der Waals surface area (Å²) < 4.78 is 26.1. The van der Waals surface area contributed by atoms with Crippen molar-refractivity contribution >= 4 is 0 Å². The van der Waals surface area contributed by atoms with Gasteiger partial charge in [-0.1, -0.05) is 19.8 Å². The summed E-state index contributed by atoms with van der Waals surface area (Å²) in [6, 6.07) is 3.89. The number of hydrogen-bond acceptors (Lipinski definition) is 1. The molecule has 1 N–H and O–H groups in total. The molecule has 0 saturated carbocycles. The van der Waals surface area contributed by atoms with Crippen molar-refractivity contribution in [2.75, 3.05) is 0 Å². The highest BCUT2D eigenvalue weighted by atomic mass is 19.1. The third-order valence-electron chi connectivity index (χ3n) is 2.64. The minimum absolute atomic E-state index is 0.336. The lowest BCUT2D eigenvalue weighted by molar-refractivity contribution is 0.483. The van der Waals surface area contributed by atoms with Crippen LogP contribution < -0.4 is 5.32 Å². The van der Waals surface area contributed by atoms with Crippen LogP contribution in [0.1, 0.15) is 38.7 Å². The lowest BCUT2D eigenvalue weighted by Crippen LogP contribution is -2.25. The molecule has 0 radical (unpaired) electrons. The van der Waals surface area contributed by atoms with E-state index in [0.717, 1.165) is 25.3 Å². The lowest BCUT2D eigenvalue weighted by atomic mass is 10.1. The zero-order valence-electron chi connectivity index (χ0n) is 9.89. The second-order valence-corrected chi connectivity index (χ2v) is 4.16. The first kappa shape index (κ1) is 13.1. The fraction of sp³-hybridized carbons (Fsp3) is 0.538. The Bertz CT molecular complexity index is 326. The Hall–Kier alpha value is -0.960. The van der Waals surface area contributed by atoms with Crippen molar-refractivity contribution < 1.29 is 8.78 Å². The minimum atomic E-state index is -0.389. The summed E-state index contributed by atoms with van der Waals surface area (Å²) in [6.07, 6.45) is 3.37. The Balaban J connectivity index is 2.44. The number of unbranched alkanes of at least 4 members (excludes halogenated alkanes) is 1. The largest absolute Gasteiger partial charge is 0.310 e. The van der Waals surface area contributed by atoms with Gasteiger partial charge in [0.25, 0.3) is 0 Å². The maximum absolute atomic E-state index is 13.3. The van der Waals surface area contributed by atoms with Gasteiger partial charge in [0, 0.05) is 18.2 Å². The number of rotatable bonds is 6. The van der Waals surface area contributed by atoms with Crippen LogP contribution in [0, 0.1) is 11.6 Å². The second kappa shape index (κ2) is 6.59. The lowest BCUT2D eigenvalue weighted by Gasteiger charge is -2.13. The molecule has 1 atom stereocenters. The number of nitrogens with one attached hydrogen (secondary N) is 1. The summed E-state index contributed by atoms with van der Waals surface area (Å²) in [5.41, 5.74) is 0.392. The van der Waals surface area contributed by atoms with Crippen LogP contribution in [-0.4, -0.2) is 6.04 Å². The van der Waals surface area contributed by atoms with Crippen molar-refractivity contribution in [3.05, 3.63) is 35.4 Å². The Morgan fingerprint density at radius 1 is 1.31 bits per heavy atom. The van der Waals surface area contributed by atoms with Crippen LogP contribution in [0.3, 0.4) is 0 Å². The molecule has 0 bridgehead atoms. The van der Waals surface area contributed by atoms with E-state index in [1.165, 1.54) is 12.1 Å². The molecule has 0 heterocycles. The van der Waals surface area contributed by atoms with Crippen molar-refractivity contribution in [1.29, 1.82) is 0 Å². The first-order chi connectivity index (χ1) is 7.63. The highest BCUT2D eigenvalue weighted by Gasteiger charge is 2.05. The summed E-state index contributed by atoms with van der Waals surface area (Å²) in [6.45, 7) is 4.58. The molecular formula is C13H19F2N. The highest BCUT2D eigenvalue weighted by molar-refractivity contribution is 5.18. The fourth-order valence-electron chi connectivity index (χ4n) is 1.58. The fourth-order valence-corrected chi connectivity index (χ4v) is 1.58. The molecule has 0 aromatic heterocycles. The van der Waals surface area contributed by atoms with Crippen molar-refractivity contribution in [1.82, 2.24) is 5.32 Å². The van der Waals surface area contributed by atoms with Gasteiger partial charge < -0.3 is 5.32 Å². The summed E-state index contributed by atoms with van der Waals surface area (Å²) in [5.74, 6) is -0.740. The number of benzene rings is 1. The van der Waals surface area contributed by atoms with E-state index in [1.807, 2.05) is 0 Å². The summed E-state index contributed by atoms with van der Waals surface area (Å²) in [7, 11) is 0. The minimum Gasteiger partial charge on any atom is -0.310 e. The molecule has 16 heavy (non-hydrogen) atoms. The molecule has 1 aromatic rings. The predicted octanol–water partition coefficient (Wildman–Crippen LogP) is 3.63. The Labute approximate surface area is 95.9 Å². The smallest absolute Gasteiger partial charge is 0.127 e. The molecule has 1 nitrogen and oxygen atoms in total. The van der Waals surface area contributed by atoms with Crippen LogP contribution in [0.25, 0.3) is 0 Å². The van der Waals surface area contributed by atoms with Crippen LogP contribution >= 0.6 is 0 Å². The summed E-state index contributed by atoms with van der Waals surface area (Å²) in [4.78, 5) is 0. The average Bonchev–Trinajstić information content (AvgIpc) is 2.27. The summed E-state index contributed by atoms with van der Waals surface area (Å²) >= 11 is 0. The number of hydrogen-bond donors (Lipinski definition) is 1. The van der Waals surface area contributed by atoms with Crippen molar-refractivity contribution in [2.45, 2.75) is 45.7 Å². The van der Waals surface area contributed by atoms with Gasteiger partial charge in [0.15, 0.2) is 0 Å². The molecule has 90 valence electrons. The van der Waals surface area contributed by atoms with E-state index in [0.29, 0.717) is 18.2 Å². The van der Waals surface area contributed by atoms with Gasteiger partial charge in [0.1, 0.15) is 11.6 Å². The Kier molecular flexibility index (Phi) is 5.39. The Morgan fingerprint density at radius 2 is 2.06 bits per heavy atom. The molecule has 1 aromatic carbocycles. The molecule has 0 fully saturated rings. The molecule has 0 aliphatic carbocycles. The van der Waals surface area contributed by atoms with E-state index >= 15 is 0 Å². The van der Waals surface area contributed by atoms with Gasteiger partial charge in [-0.25, -0.2) is 8.78 Å². The van der Waals surface area contributed by atoms with E-state index in [9.17, 15) is 8.78 Å². The molecule has 0 aliphatic rings. The van der Waals surface area contributed by atoms with E-state index in [4.69, 9.17) is 0 Å². The molecular weight excluding hydrogens is 208 g/mol. The van der Waals surface area contributed by atoms with Gasteiger partial charge in [0.2, 0.25) is 0 Å². The quantitative estimate of drug-likeness (QED) is 0.782. The van der Waals surface area contributed by atoms with Crippen molar-refractivity contribution in [2.24, 2.45) is 0 Å². The van der Waals surface area contributed by atoms with Gasteiger partial charge in [-0.2, -0.15) is 0 Å². The monoisotopic (exact) mass is 227 g/mol. The molecule has 0 amide bonds. The van der Waals surface area contributed by atoms with E-state index in [1.54, 1.807) is 0 Å². The third kappa shape index (κ3) is 4.27. The predicted molar refractivity (Wildman–Crippen MR) is 62.2 cm³/mol. The highest BCUT2D eigenvalue weighted by Crippen LogP contribution is 2.10. The van der Waals surface area contributed by atoms with Gasteiger partial charge in [-0.3, -0.25) is 0 Å². The SMILES string of the molecule is CCCCC(C)NCc1cc(F)ccc1F. The van der Waals surface area contributed by atoms with E-state index in [2.05, 4.69) is 19.2 Å². The van der Waals surface area contributed by atoms with Gasteiger partial charge >= 0.3 is 0 Å². The van der Waals surface area contributed by atoms with Crippen LogP contribution in [0.5, 0.6) is 0 Å². The van der Waals surface area contributed by atoms with Gasteiger partial charge in [-0.15, -0.1) is 0 Å². The first-order valence-electron chi connectivity index (χ1n) is 5.80. The van der Waals surface area contributed by atoms with Crippen LogP contribution in [-0.2, 0) is 6.54 Å². The first-order valence-corrected chi connectivity index (χ1v) is 5.80. The maximum atomic E-state index is 13.3. The van der Waals surface area contributed by atoms with Crippen LogP contribution in [0.4, 0.5) is 8.78 Å². The summed E-state index contributed by atoms with van der Waals surface area (Å²) in [5, 5.41) is 3.20. The number of halogens is 2. The molecule has 0 saturated heterocycles. The van der Waals surface area contributed by atoms with Gasteiger partial charge in [-0.05, 0) is 31.5 Å². The van der Waals surface area contributed by atoms with E-state index in [-0.39, 0.29) is 11.6 Å². The third-order valence-corrected chi connectivity index (χ3v) is 2.64. The standard InChI is InChI=1S/C13H19F2N/c1-3-4-5-10(2)16-9-11-8-12(14)6-7-13(11)15/h6-8,10,16H,3-5,9H2,1-2H3. The molecule has 0 spiro atoms. The van der Waals surface area contributed by atoms with Gasteiger partial charge in [0.05, 0.1) is 0 Å². The molecule has 3 heteroatoms. The molecule has 1 rings (SSSR count). The zero-order valence-corrected chi connectivity index (χ0v) is 9.89. The maximum Gasteiger partial charge on any atom is 0.127 e. The second-order valence-electron chi connectivity index (χ2n) is 4.16. The normalized spacial score (nSPS) is 12.8. The topological polar surface area (TPSA) is 12.0 Å². The average molecular weight is 227 g/mol. The van der Waals surface area contributed by atoms with Crippen molar-refractivity contribution in [3.63, 3.8) is 0 Å². The molecule has 0 aliphatic heterocycles. The van der Waals surface area contributed by atoms with Crippen molar-refractivity contribution in [3.8, 4) is 0 Å². The molecule has 1 unspecified atom stereocenters. The van der Waals surface area contributed by atoms with Crippen LogP contribution in [0.15, 0.2) is 18.2 Å². The van der Waals surface area contributed by atoms with E-state index < -0.39 is 0 Å².